The molecule has 0 saturated heterocycles. The van der Waals surface area contributed by atoms with Crippen LogP contribution in [-0.2, 0) is 22.3 Å². The number of hydrogen-bond acceptors (Lipinski definition) is 3. The lowest BCUT2D eigenvalue weighted by Gasteiger charge is -2.08. The molecular formula is C16H16ClN3O3S. The molecule has 0 atom stereocenters. The molecule has 3 rings (SSSR count). The van der Waals surface area contributed by atoms with E-state index in [1.165, 1.54) is 4.57 Å². The molecule has 0 bridgehead atoms. The lowest BCUT2D eigenvalue weighted by molar-refractivity contribution is 0.571. The van der Waals surface area contributed by atoms with E-state index in [4.69, 9.17) is 11.6 Å². The van der Waals surface area contributed by atoms with E-state index in [9.17, 15) is 13.2 Å². The second-order valence-electron chi connectivity index (χ2n) is 5.38. The smallest absolute Gasteiger partial charge is 0.306 e. The fraction of sp³-hybridized carbons (Fsp3) is 0.188. The van der Waals surface area contributed by atoms with Gasteiger partial charge in [0.1, 0.15) is 0 Å². The van der Waals surface area contributed by atoms with Crippen LogP contribution >= 0.6 is 11.6 Å². The summed E-state index contributed by atoms with van der Waals surface area (Å²) in [4.78, 5) is 14.7. The molecule has 0 radical (unpaired) electrons. The number of H-pyrrole nitrogens is 1. The molecular weight excluding hydrogens is 350 g/mol. The molecule has 3 aromatic rings. The summed E-state index contributed by atoms with van der Waals surface area (Å²) < 4.78 is 28.3. The van der Waals surface area contributed by atoms with Gasteiger partial charge in [-0.15, -0.1) is 0 Å². The van der Waals surface area contributed by atoms with Gasteiger partial charge in [-0.1, -0.05) is 35.9 Å². The standard InChI is InChI=1S/C16H16ClN3O3S/c17-13-7-5-12(6-8-13)11-24(22,23)18-9-10-20-15-4-2-1-3-14(15)19-16(20)21/h1-8,18H,9-11H2,(H,19,21). The fourth-order valence-corrected chi connectivity index (χ4v) is 3.75. The van der Waals surface area contributed by atoms with Gasteiger partial charge in [0.05, 0.1) is 16.8 Å². The summed E-state index contributed by atoms with van der Waals surface area (Å²) in [6.07, 6.45) is 0. The molecule has 0 aliphatic rings. The number of imidazole rings is 1. The molecule has 0 fully saturated rings. The van der Waals surface area contributed by atoms with Crippen molar-refractivity contribution in [2.24, 2.45) is 0 Å². The van der Waals surface area contributed by atoms with Gasteiger partial charge in [-0.05, 0) is 29.8 Å². The molecule has 126 valence electrons. The largest absolute Gasteiger partial charge is 0.326 e. The number of fused-ring (bicyclic) bond motifs is 1. The lowest BCUT2D eigenvalue weighted by Crippen LogP contribution is -2.31. The topological polar surface area (TPSA) is 84.0 Å². The summed E-state index contributed by atoms with van der Waals surface area (Å²) >= 11 is 5.79. The zero-order valence-electron chi connectivity index (χ0n) is 12.7. The van der Waals surface area contributed by atoms with E-state index < -0.39 is 10.0 Å². The van der Waals surface area contributed by atoms with Gasteiger partial charge in [-0.3, -0.25) is 4.57 Å². The molecule has 1 heterocycles. The van der Waals surface area contributed by atoms with Crippen molar-refractivity contribution in [2.75, 3.05) is 6.54 Å². The minimum Gasteiger partial charge on any atom is -0.306 e. The quantitative estimate of drug-likeness (QED) is 0.701. The van der Waals surface area contributed by atoms with Crippen molar-refractivity contribution in [2.45, 2.75) is 12.3 Å². The van der Waals surface area contributed by atoms with Crippen molar-refractivity contribution in [3.8, 4) is 0 Å². The van der Waals surface area contributed by atoms with Crippen LogP contribution in [0.25, 0.3) is 11.0 Å². The first-order chi connectivity index (χ1) is 11.4. The van der Waals surface area contributed by atoms with Gasteiger partial charge < -0.3 is 4.98 Å². The normalized spacial score (nSPS) is 11.9. The number of sulfonamides is 1. The predicted molar refractivity (Wildman–Crippen MR) is 94.6 cm³/mol. The van der Waals surface area contributed by atoms with E-state index in [-0.39, 0.29) is 24.5 Å². The van der Waals surface area contributed by atoms with Crippen LogP contribution in [0, 0.1) is 0 Å². The van der Waals surface area contributed by atoms with Crippen molar-refractivity contribution < 1.29 is 8.42 Å². The SMILES string of the molecule is O=c1[nH]c2ccccc2n1CCNS(=O)(=O)Cc1ccc(Cl)cc1. The van der Waals surface area contributed by atoms with Gasteiger partial charge in [0.2, 0.25) is 10.0 Å². The van der Waals surface area contributed by atoms with Gasteiger partial charge >= 0.3 is 5.69 Å². The Hall–Kier alpha value is -2.09. The average molecular weight is 366 g/mol. The molecule has 0 unspecified atom stereocenters. The van der Waals surface area contributed by atoms with E-state index >= 15 is 0 Å². The number of nitrogens with zero attached hydrogens (tertiary/aromatic N) is 1. The first-order valence-corrected chi connectivity index (χ1v) is 9.37. The average Bonchev–Trinajstić information content (AvgIpc) is 2.85. The molecule has 0 aliphatic carbocycles. The first kappa shape index (κ1) is 16.8. The molecule has 2 N–H and O–H groups in total. The first-order valence-electron chi connectivity index (χ1n) is 7.34. The Morgan fingerprint density at radius 2 is 1.79 bits per heavy atom. The van der Waals surface area contributed by atoms with E-state index in [0.717, 1.165) is 11.0 Å². The maximum absolute atomic E-state index is 12.1. The summed E-state index contributed by atoms with van der Waals surface area (Å²) in [7, 11) is -3.49. The Labute approximate surface area is 144 Å². The maximum atomic E-state index is 12.1. The second-order valence-corrected chi connectivity index (χ2v) is 7.62. The Morgan fingerprint density at radius 3 is 2.54 bits per heavy atom. The van der Waals surface area contributed by atoms with Crippen LogP contribution in [0.2, 0.25) is 5.02 Å². The third-order valence-corrected chi connectivity index (χ3v) is 5.22. The zero-order chi connectivity index (χ0) is 17.2. The van der Waals surface area contributed by atoms with E-state index in [1.54, 1.807) is 30.3 Å². The summed E-state index contributed by atoms with van der Waals surface area (Å²) in [5.74, 6) is -0.132. The molecule has 1 aromatic heterocycles. The Kier molecular flexibility index (Phi) is 4.75. The van der Waals surface area contributed by atoms with Crippen molar-refractivity contribution in [3.05, 3.63) is 69.6 Å². The molecule has 6 nitrogen and oxygen atoms in total. The summed E-state index contributed by atoms with van der Waals surface area (Å²) in [6.45, 7) is 0.389. The van der Waals surface area contributed by atoms with Gasteiger partial charge in [-0.2, -0.15) is 0 Å². The highest BCUT2D eigenvalue weighted by atomic mass is 35.5. The van der Waals surface area contributed by atoms with Crippen LogP contribution in [-0.4, -0.2) is 24.5 Å². The van der Waals surface area contributed by atoms with Crippen LogP contribution in [0.4, 0.5) is 0 Å². The molecule has 24 heavy (non-hydrogen) atoms. The van der Waals surface area contributed by atoms with Crippen LogP contribution < -0.4 is 10.4 Å². The highest BCUT2D eigenvalue weighted by Crippen LogP contribution is 2.12. The van der Waals surface area contributed by atoms with E-state index in [2.05, 4.69) is 9.71 Å². The van der Waals surface area contributed by atoms with E-state index in [0.29, 0.717) is 10.6 Å². The number of nitrogens with one attached hydrogen (secondary N) is 2. The van der Waals surface area contributed by atoms with Crippen molar-refractivity contribution >= 4 is 32.7 Å². The Bertz CT molecular complexity index is 1010. The number of para-hydroxylation sites is 2. The third kappa shape index (κ3) is 3.87. The molecule has 0 saturated carbocycles. The molecule has 0 amide bonds. The number of aromatic amines is 1. The van der Waals surface area contributed by atoms with Gasteiger partial charge in [0.25, 0.3) is 0 Å². The third-order valence-electron chi connectivity index (χ3n) is 3.61. The number of rotatable bonds is 6. The van der Waals surface area contributed by atoms with Crippen molar-refractivity contribution in [3.63, 3.8) is 0 Å². The number of benzene rings is 2. The number of halogens is 1. The van der Waals surface area contributed by atoms with Gasteiger partial charge in [0, 0.05) is 18.1 Å². The summed E-state index contributed by atoms with van der Waals surface area (Å²) in [6, 6.07) is 13.9. The van der Waals surface area contributed by atoms with Crippen LogP contribution in [0.3, 0.4) is 0 Å². The highest BCUT2D eigenvalue weighted by Gasteiger charge is 2.12. The minimum atomic E-state index is -3.49. The Morgan fingerprint density at radius 1 is 1.08 bits per heavy atom. The van der Waals surface area contributed by atoms with Crippen LogP contribution in [0.15, 0.2) is 53.3 Å². The van der Waals surface area contributed by atoms with Crippen LogP contribution in [0.1, 0.15) is 5.56 Å². The molecule has 0 aliphatic heterocycles. The highest BCUT2D eigenvalue weighted by molar-refractivity contribution is 7.88. The molecule has 0 spiro atoms. The van der Waals surface area contributed by atoms with Gasteiger partial charge in [-0.25, -0.2) is 17.9 Å². The summed E-state index contributed by atoms with van der Waals surface area (Å²) in [5, 5.41) is 0.558. The number of aromatic nitrogens is 2. The molecule has 2 aromatic carbocycles. The minimum absolute atomic E-state index is 0.132. The van der Waals surface area contributed by atoms with Crippen molar-refractivity contribution in [1.29, 1.82) is 0 Å². The monoisotopic (exact) mass is 365 g/mol. The van der Waals surface area contributed by atoms with Gasteiger partial charge in [0.15, 0.2) is 0 Å². The predicted octanol–water partition coefficient (Wildman–Crippen LogP) is 2.10. The fourth-order valence-electron chi connectivity index (χ4n) is 2.49. The lowest BCUT2D eigenvalue weighted by atomic mass is 10.2. The van der Waals surface area contributed by atoms with E-state index in [1.807, 2.05) is 18.2 Å². The zero-order valence-corrected chi connectivity index (χ0v) is 14.3. The maximum Gasteiger partial charge on any atom is 0.326 e. The summed E-state index contributed by atoms with van der Waals surface area (Å²) in [5.41, 5.74) is 1.87. The number of hydrogen-bond donors (Lipinski definition) is 2. The van der Waals surface area contributed by atoms with Crippen LogP contribution in [0.5, 0.6) is 0 Å². The second kappa shape index (κ2) is 6.80. The molecule has 8 heteroatoms. The Balaban J connectivity index is 1.65. The van der Waals surface area contributed by atoms with Crippen molar-refractivity contribution in [1.82, 2.24) is 14.3 Å².